The molecule has 1 fully saturated rings. The lowest BCUT2D eigenvalue weighted by Crippen LogP contribution is -2.36. The van der Waals surface area contributed by atoms with Gasteiger partial charge in [0.05, 0.1) is 17.8 Å². The molecule has 0 saturated carbocycles. The number of amides is 1. The molecule has 1 N–H and O–H groups in total. The maximum absolute atomic E-state index is 12.4. The van der Waals surface area contributed by atoms with E-state index in [1.165, 1.54) is 19.3 Å². The molecule has 3 aromatic carbocycles. The zero-order valence-corrected chi connectivity index (χ0v) is 20.0. The lowest BCUT2D eigenvalue weighted by Gasteiger charge is -2.25. The Morgan fingerprint density at radius 3 is 2.39 bits per heavy atom. The van der Waals surface area contributed by atoms with Crippen molar-refractivity contribution in [3.63, 3.8) is 0 Å². The van der Waals surface area contributed by atoms with E-state index in [-0.39, 0.29) is 5.91 Å². The minimum absolute atomic E-state index is 0.0467. The van der Waals surface area contributed by atoms with E-state index in [2.05, 4.69) is 62.5 Å². The van der Waals surface area contributed by atoms with Gasteiger partial charge in [-0.3, -0.25) is 9.69 Å². The molecular weight excluding hydrogens is 474 g/mol. The van der Waals surface area contributed by atoms with Gasteiger partial charge in [-0.25, -0.2) is 4.98 Å². The summed E-state index contributed by atoms with van der Waals surface area (Å²) in [5.41, 5.74) is 6.00. The third-order valence-electron chi connectivity index (χ3n) is 6.14. The number of likely N-dealkylation sites (tertiary alicyclic amines) is 1. The number of halogens is 1. The first-order chi connectivity index (χ1) is 16.2. The molecule has 1 aliphatic rings. The van der Waals surface area contributed by atoms with Crippen LogP contribution in [-0.2, 0) is 4.79 Å². The van der Waals surface area contributed by atoms with Crippen LogP contribution in [0.2, 0.25) is 0 Å². The van der Waals surface area contributed by atoms with Crippen molar-refractivity contribution in [3.8, 4) is 22.4 Å². The Morgan fingerprint density at radius 1 is 0.879 bits per heavy atom. The molecule has 0 aliphatic carbocycles. The number of nitrogens with one attached hydrogen (secondary N) is 1. The first kappa shape index (κ1) is 21.8. The maximum Gasteiger partial charge on any atom is 0.238 e. The van der Waals surface area contributed by atoms with Crippen molar-refractivity contribution in [2.75, 3.05) is 25.0 Å². The third kappa shape index (κ3) is 5.15. The van der Waals surface area contributed by atoms with Gasteiger partial charge in [0, 0.05) is 21.1 Å². The molecule has 0 radical (unpaired) electrons. The van der Waals surface area contributed by atoms with Crippen LogP contribution >= 0.6 is 15.9 Å². The summed E-state index contributed by atoms with van der Waals surface area (Å²) in [6.07, 6.45) is 3.64. The van der Waals surface area contributed by atoms with Gasteiger partial charge in [-0.2, -0.15) is 0 Å². The van der Waals surface area contributed by atoms with Crippen molar-refractivity contribution in [3.05, 3.63) is 83.3 Å². The number of hydrogen-bond donors (Lipinski definition) is 1. The molecular formula is C28H26BrN3O. The van der Waals surface area contributed by atoms with Crippen LogP contribution < -0.4 is 5.32 Å². The lowest BCUT2D eigenvalue weighted by atomic mass is 9.98. The second kappa shape index (κ2) is 9.86. The number of piperidine rings is 1. The second-order valence-electron chi connectivity index (χ2n) is 8.54. The van der Waals surface area contributed by atoms with Gasteiger partial charge in [-0.1, -0.05) is 64.8 Å². The summed E-state index contributed by atoms with van der Waals surface area (Å²) < 4.78 is 1.03. The SMILES string of the molecule is O=C(CN1CCCCC1)Nc1ccc(-c2cc(-c3ccccc3)c3cc(Br)ccc3n2)cc1. The smallest absolute Gasteiger partial charge is 0.238 e. The summed E-state index contributed by atoms with van der Waals surface area (Å²) in [6.45, 7) is 2.49. The molecule has 0 bridgehead atoms. The van der Waals surface area contributed by atoms with Crippen LogP contribution in [0.15, 0.2) is 83.3 Å². The first-order valence-electron chi connectivity index (χ1n) is 11.4. The molecule has 5 heteroatoms. The molecule has 1 aliphatic heterocycles. The van der Waals surface area contributed by atoms with Gasteiger partial charge in [0.1, 0.15) is 0 Å². The fourth-order valence-electron chi connectivity index (χ4n) is 4.45. The summed E-state index contributed by atoms with van der Waals surface area (Å²) in [4.78, 5) is 19.6. The predicted molar refractivity (Wildman–Crippen MR) is 139 cm³/mol. The molecule has 4 nitrogen and oxygen atoms in total. The van der Waals surface area contributed by atoms with Gasteiger partial charge in [0.2, 0.25) is 5.91 Å². The Labute approximate surface area is 202 Å². The van der Waals surface area contributed by atoms with Crippen LogP contribution in [0.5, 0.6) is 0 Å². The minimum Gasteiger partial charge on any atom is -0.325 e. The van der Waals surface area contributed by atoms with Crippen LogP contribution in [0.25, 0.3) is 33.3 Å². The van der Waals surface area contributed by atoms with E-state index in [9.17, 15) is 4.79 Å². The number of fused-ring (bicyclic) bond motifs is 1. The molecule has 4 aromatic rings. The van der Waals surface area contributed by atoms with Crippen LogP contribution in [-0.4, -0.2) is 35.4 Å². The number of anilines is 1. The highest BCUT2D eigenvalue weighted by Gasteiger charge is 2.14. The predicted octanol–water partition coefficient (Wildman–Crippen LogP) is 6.76. The largest absolute Gasteiger partial charge is 0.325 e. The number of benzene rings is 3. The Bertz CT molecular complexity index is 1270. The standard InChI is InChI=1S/C28H26BrN3O/c29-22-11-14-26-25(17-22)24(20-7-3-1-4-8-20)18-27(31-26)21-9-12-23(13-10-21)30-28(33)19-32-15-5-2-6-16-32/h1,3-4,7-14,17-18H,2,5-6,15-16,19H2,(H,30,33). The number of aromatic nitrogens is 1. The Kier molecular flexibility index (Phi) is 6.51. The van der Waals surface area contributed by atoms with Crippen molar-refractivity contribution in [2.45, 2.75) is 19.3 Å². The van der Waals surface area contributed by atoms with Crippen LogP contribution in [0.3, 0.4) is 0 Å². The fraction of sp³-hybridized carbons (Fsp3) is 0.214. The summed E-state index contributed by atoms with van der Waals surface area (Å²) in [5, 5.41) is 4.15. The van der Waals surface area contributed by atoms with Gasteiger partial charge >= 0.3 is 0 Å². The highest BCUT2D eigenvalue weighted by atomic mass is 79.9. The molecule has 2 heterocycles. The normalized spacial score (nSPS) is 14.3. The van der Waals surface area contributed by atoms with E-state index in [4.69, 9.17) is 4.98 Å². The average Bonchev–Trinajstić information content (AvgIpc) is 2.85. The quantitative estimate of drug-likeness (QED) is 0.330. The van der Waals surface area contributed by atoms with Gasteiger partial charge in [0.25, 0.3) is 0 Å². The second-order valence-corrected chi connectivity index (χ2v) is 9.46. The van der Waals surface area contributed by atoms with Crippen molar-refractivity contribution in [1.29, 1.82) is 0 Å². The lowest BCUT2D eigenvalue weighted by molar-refractivity contribution is -0.117. The van der Waals surface area contributed by atoms with Gasteiger partial charge in [-0.15, -0.1) is 0 Å². The van der Waals surface area contributed by atoms with Gasteiger partial charge in [0.15, 0.2) is 0 Å². The summed E-state index contributed by atoms with van der Waals surface area (Å²) >= 11 is 3.60. The zero-order valence-electron chi connectivity index (χ0n) is 18.4. The number of carbonyl (C=O) groups is 1. The number of rotatable bonds is 5. The Hall–Kier alpha value is -3.02. The summed E-state index contributed by atoms with van der Waals surface area (Å²) in [5.74, 6) is 0.0467. The molecule has 0 unspecified atom stereocenters. The van der Waals surface area contributed by atoms with Crippen LogP contribution in [0, 0.1) is 0 Å². The number of hydrogen-bond acceptors (Lipinski definition) is 3. The molecule has 166 valence electrons. The van der Waals surface area contributed by atoms with Crippen molar-refractivity contribution < 1.29 is 4.79 Å². The average molecular weight is 500 g/mol. The topological polar surface area (TPSA) is 45.2 Å². The monoisotopic (exact) mass is 499 g/mol. The summed E-state index contributed by atoms with van der Waals surface area (Å²) in [7, 11) is 0. The highest BCUT2D eigenvalue weighted by Crippen LogP contribution is 2.33. The van der Waals surface area contributed by atoms with Crippen molar-refractivity contribution in [1.82, 2.24) is 9.88 Å². The Morgan fingerprint density at radius 2 is 1.64 bits per heavy atom. The van der Waals surface area contributed by atoms with Crippen molar-refractivity contribution in [2.24, 2.45) is 0 Å². The van der Waals surface area contributed by atoms with E-state index < -0.39 is 0 Å². The highest BCUT2D eigenvalue weighted by molar-refractivity contribution is 9.10. The van der Waals surface area contributed by atoms with Crippen LogP contribution in [0.4, 0.5) is 5.69 Å². The van der Waals surface area contributed by atoms with E-state index in [0.717, 1.165) is 56.5 Å². The Balaban J connectivity index is 1.41. The fourth-order valence-corrected chi connectivity index (χ4v) is 4.81. The van der Waals surface area contributed by atoms with Crippen LogP contribution in [0.1, 0.15) is 19.3 Å². The number of nitrogens with zero attached hydrogens (tertiary/aromatic N) is 2. The van der Waals surface area contributed by atoms with E-state index in [0.29, 0.717) is 6.54 Å². The molecule has 33 heavy (non-hydrogen) atoms. The molecule has 0 atom stereocenters. The zero-order chi connectivity index (χ0) is 22.6. The van der Waals surface area contributed by atoms with Gasteiger partial charge < -0.3 is 5.32 Å². The van der Waals surface area contributed by atoms with E-state index in [1.807, 2.05) is 42.5 Å². The van der Waals surface area contributed by atoms with Gasteiger partial charge in [-0.05, 0) is 73.5 Å². The maximum atomic E-state index is 12.4. The molecule has 1 amide bonds. The molecule has 1 saturated heterocycles. The van der Waals surface area contributed by atoms with Crippen molar-refractivity contribution >= 4 is 38.4 Å². The number of carbonyl (C=O) groups excluding carboxylic acids is 1. The van der Waals surface area contributed by atoms with E-state index >= 15 is 0 Å². The summed E-state index contributed by atoms with van der Waals surface area (Å²) in [6, 6.07) is 26.7. The molecule has 1 aromatic heterocycles. The van der Waals surface area contributed by atoms with E-state index in [1.54, 1.807) is 0 Å². The number of pyridine rings is 1. The minimum atomic E-state index is 0.0467. The first-order valence-corrected chi connectivity index (χ1v) is 12.2. The molecule has 0 spiro atoms. The molecule has 5 rings (SSSR count). The third-order valence-corrected chi connectivity index (χ3v) is 6.63.